The minimum absolute atomic E-state index is 0.647. The van der Waals surface area contributed by atoms with E-state index in [-0.39, 0.29) is 0 Å². The van der Waals surface area contributed by atoms with Crippen molar-refractivity contribution in [3.8, 4) is 0 Å². The van der Waals surface area contributed by atoms with E-state index < -0.39 is 0 Å². The molecule has 0 fully saturated rings. The van der Waals surface area contributed by atoms with Gasteiger partial charge < -0.3 is 5.32 Å². The van der Waals surface area contributed by atoms with Crippen LogP contribution in [-0.4, -0.2) is 12.0 Å². The maximum absolute atomic E-state index is 6.35. The first-order valence-electron chi connectivity index (χ1n) is 6.14. The number of aromatic nitrogens is 1. The van der Waals surface area contributed by atoms with E-state index in [4.69, 9.17) is 28.2 Å². The van der Waals surface area contributed by atoms with Crippen molar-refractivity contribution in [2.75, 3.05) is 7.05 Å². The molecule has 1 aromatic carbocycles. The molecule has 1 aliphatic rings. The molecule has 94 valence electrons. The lowest BCUT2D eigenvalue weighted by atomic mass is 10.0. The van der Waals surface area contributed by atoms with Gasteiger partial charge in [0.05, 0.1) is 10.5 Å². The van der Waals surface area contributed by atoms with Crippen molar-refractivity contribution >= 4 is 34.1 Å². The van der Waals surface area contributed by atoms with E-state index in [1.807, 2.05) is 13.1 Å². The normalized spacial score (nSPS) is 14.2. The van der Waals surface area contributed by atoms with Gasteiger partial charge in [0.25, 0.3) is 0 Å². The van der Waals surface area contributed by atoms with Crippen molar-refractivity contribution < 1.29 is 0 Å². The van der Waals surface area contributed by atoms with Gasteiger partial charge in [0.1, 0.15) is 0 Å². The van der Waals surface area contributed by atoms with Crippen molar-refractivity contribution in [3.63, 3.8) is 0 Å². The molecule has 1 aliphatic carbocycles. The minimum Gasteiger partial charge on any atom is -0.316 e. The van der Waals surface area contributed by atoms with Crippen LogP contribution in [0, 0.1) is 0 Å². The van der Waals surface area contributed by atoms with Crippen LogP contribution in [0.1, 0.15) is 23.2 Å². The molecule has 2 aromatic rings. The van der Waals surface area contributed by atoms with Gasteiger partial charge in [-0.3, -0.25) is 4.98 Å². The molecular weight excluding hydrogens is 267 g/mol. The maximum Gasteiger partial charge on any atom is 0.0738 e. The van der Waals surface area contributed by atoms with Crippen LogP contribution in [0.25, 0.3) is 10.9 Å². The fourth-order valence-electron chi connectivity index (χ4n) is 2.79. The third-order valence-corrected chi connectivity index (χ3v) is 4.01. The summed E-state index contributed by atoms with van der Waals surface area (Å²) in [5, 5.41) is 5.63. The van der Waals surface area contributed by atoms with Gasteiger partial charge in [0.2, 0.25) is 0 Å². The van der Waals surface area contributed by atoms with Gasteiger partial charge in [-0.1, -0.05) is 23.2 Å². The summed E-state index contributed by atoms with van der Waals surface area (Å²) in [6.45, 7) is 0.822. The summed E-state index contributed by atoms with van der Waals surface area (Å²) in [5.41, 5.74) is 4.79. The van der Waals surface area contributed by atoms with E-state index in [1.165, 1.54) is 23.2 Å². The Balaban J connectivity index is 2.38. The Morgan fingerprint density at radius 3 is 2.89 bits per heavy atom. The maximum atomic E-state index is 6.35. The van der Waals surface area contributed by atoms with E-state index in [0.717, 1.165) is 30.3 Å². The molecular formula is C14H14Cl2N2. The fourth-order valence-corrected chi connectivity index (χ4v) is 3.39. The van der Waals surface area contributed by atoms with E-state index in [0.29, 0.717) is 10.0 Å². The Hall–Kier alpha value is -0.830. The van der Waals surface area contributed by atoms with Crippen LogP contribution in [0.15, 0.2) is 12.1 Å². The average Bonchev–Trinajstić information content (AvgIpc) is 2.75. The first-order chi connectivity index (χ1) is 8.70. The molecule has 4 heteroatoms. The SMILES string of the molecule is CNCc1c2c(nc3cc(Cl)cc(Cl)c13)CCC2. The Kier molecular flexibility index (Phi) is 3.18. The molecule has 0 bridgehead atoms. The lowest BCUT2D eigenvalue weighted by molar-refractivity contribution is 0.809. The molecule has 0 saturated heterocycles. The number of nitrogens with zero attached hydrogens (tertiary/aromatic N) is 1. The van der Waals surface area contributed by atoms with Gasteiger partial charge in [-0.05, 0) is 49.6 Å². The molecule has 1 N–H and O–H groups in total. The smallest absolute Gasteiger partial charge is 0.0738 e. The second-order valence-electron chi connectivity index (χ2n) is 4.68. The number of rotatable bonds is 2. The number of nitrogens with one attached hydrogen (secondary N) is 1. The molecule has 1 heterocycles. The Morgan fingerprint density at radius 2 is 2.11 bits per heavy atom. The zero-order chi connectivity index (χ0) is 12.7. The average molecular weight is 281 g/mol. The highest BCUT2D eigenvalue weighted by atomic mass is 35.5. The zero-order valence-corrected chi connectivity index (χ0v) is 11.7. The van der Waals surface area contributed by atoms with Crippen molar-refractivity contribution in [3.05, 3.63) is 39.0 Å². The van der Waals surface area contributed by atoms with Crippen LogP contribution in [-0.2, 0) is 19.4 Å². The molecule has 2 nitrogen and oxygen atoms in total. The number of aryl methyl sites for hydroxylation is 1. The molecule has 18 heavy (non-hydrogen) atoms. The summed E-state index contributed by atoms with van der Waals surface area (Å²) in [7, 11) is 1.96. The van der Waals surface area contributed by atoms with Crippen LogP contribution in [0.5, 0.6) is 0 Å². The fraction of sp³-hybridized carbons (Fsp3) is 0.357. The zero-order valence-electron chi connectivity index (χ0n) is 10.2. The number of fused-ring (bicyclic) bond motifs is 2. The summed E-state index contributed by atoms with van der Waals surface area (Å²) in [5.74, 6) is 0. The Bertz CT molecular complexity index is 623. The topological polar surface area (TPSA) is 24.9 Å². The van der Waals surface area contributed by atoms with Gasteiger partial charge in [0, 0.05) is 22.6 Å². The Morgan fingerprint density at radius 1 is 1.28 bits per heavy atom. The van der Waals surface area contributed by atoms with Crippen LogP contribution in [0.4, 0.5) is 0 Å². The van der Waals surface area contributed by atoms with Crippen molar-refractivity contribution in [1.82, 2.24) is 10.3 Å². The lowest BCUT2D eigenvalue weighted by Crippen LogP contribution is -2.09. The van der Waals surface area contributed by atoms with Crippen LogP contribution >= 0.6 is 23.2 Å². The number of benzene rings is 1. The molecule has 0 amide bonds. The highest BCUT2D eigenvalue weighted by molar-refractivity contribution is 6.38. The first kappa shape index (κ1) is 12.2. The molecule has 0 radical (unpaired) electrons. The number of hydrogen-bond donors (Lipinski definition) is 1. The molecule has 1 aromatic heterocycles. The summed E-state index contributed by atoms with van der Waals surface area (Å²) in [4.78, 5) is 4.72. The lowest BCUT2D eigenvalue weighted by Gasteiger charge is -2.13. The van der Waals surface area contributed by atoms with Crippen molar-refractivity contribution in [2.45, 2.75) is 25.8 Å². The van der Waals surface area contributed by atoms with E-state index in [1.54, 1.807) is 6.07 Å². The Labute approximate surface area is 116 Å². The second-order valence-corrected chi connectivity index (χ2v) is 5.52. The molecule has 0 atom stereocenters. The van der Waals surface area contributed by atoms with E-state index >= 15 is 0 Å². The predicted octanol–water partition coefficient (Wildman–Crippen LogP) is 3.75. The predicted molar refractivity (Wildman–Crippen MR) is 76.6 cm³/mol. The van der Waals surface area contributed by atoms with E-state index in [2.05, 4.69) is 5.32 Å². The summed E-state index contributed by atoms with van der Waals surface area (Å²) >= 11 is 12.4. The molecule has 3 rings (SSSR count). The van der Waals surface area contributed by atoms with Gasteiger partial charge in [-0.25, -0.2) is 0 Å². The summed E-state index contributed by atoms with van der Waals surface area (Å²) in [6.07, 6.45) is 3.35. The van der Waals surface area contributed by atoms with Gasteiger partial charge in [-0.15, -0.1) is 0 Å². The monoisotopic (exact) mass is 280 g/mol. The largest absolute Gasteiger partial charge is 0.316 e. The summed E-state index contributed by atoms with van der Waals surface area (Å²) in [6, 6.07) is 3.70. The highest BCUT2D eigenvalue weighted by Gasteiger charge is 2.20. The molecule has 0 saturated carbocycles. The van der Waals surface area contributed by atoms with Crippen molar-refractivity contribution in [2.24, 2.45) is 0 Å². The number of halogens is 2. The van der Waals surface area contributed by atoms with Gasteiger partial charge in [0.15, 0.2) is 0 Å². The quantitative estimate of drug-likeness (QED) is 0.906. The van der Waals surface area contributed by atoms with Crippen LogP contribution < -0.4 is 5.32 Å². The minimum atomic E-state index is 0.647. The van der Waals surface area contributed by atoms with E-state index in [9.17, 15) is 0 Å². The van der Waals surface area contributed by atoms with Crippen LogP contribution in [0.3, 0.4) is 0 Å². The van der Waals surface area contributed by atoms with Crippen LogP contribution in [0.2, 0.25) is 10.0 Å². The third-order valence-electron chi connectivity index (χ3n) is 3.50. The molecule has 0 aliphatic heterocycles. The van der Waals surface area contributed by atoms with Gasteiger partial charge >= 0.3 is 0 Å². The summed E-state index contributed by atoms with van der Waals surface area (Å²) < 4.78 is 0. The highest BCUT2D eigenvalue weighted by Crippen LogP contribution is 2.35. The van der Waals surface area contributed by atoms with Crippen molar-refractivity contribution in [1.29, 1.82) is 0 Å². The second kappa shape index (κ2) is 4.69. The first-order valence-corrected chi connectivity index (χ1v) is 6.90. The molecule has 0 spiro atoms. The third kappa shape index (κ3) is 1.89. The van der Waals surface area contributed by atoms with Gasteiger partial charge in [-0.2, -0.15) is 0 Å². The standard InChI is InChI=1S/C14H14Cl2N2/c1-17-7-10-9-3-2-4-12(9)18-13-6-8(15)5-11(16)14(10)13/h5-6,17H,2-4,7H2,1H3. The molecule has 0 unspecified atom stereocenters. The number of hydrogen-bond acceptors (Lipinski definition) is 2. The number of pyridine rings is 1.